The van der Waals surface area contributed by atoms with Gasteiger partial charge >= 0.3 is 0 Å². The summed E-state index contributed by atoms with van der Waals surface area (Å²) in [5.41, 5.74) is 1.25. The van der Waals surface area contributed by atoms with Gasteiger partial charge < -0.3 is 10.2 Å². The Morgan fingerprint density at radius 1 is 1.33 bits per heavy atom. The smallest absolute Gasteiger partial charge is 0.128 e. The van der Waals surface area contributed by atoms with Gasteiger partial charge in [0.05, 0.1) is 0 Å². The van der Waals surface area contributed by atoms with E-state index in [-0.39, 0.29) is 0 Å². The summed E-state index contributed by atoms with van der Waals surface area (Å²) in [6, 6.07) is 5.33. The van der Waals surface area contributed by atoms with Gasteiger partial charge in [-0.25, -0.2) is 4.98 Å². The zero-order chi connectivity index (χ0) is 13.1. The third-order valence-corrected chi connectivity index (χ3v) is 4.12. The second kappa shape index (κ2) is 5.70. The highest BCUT2D eigenvalue weighted by molar-refractivity contribution is 5.41. The molecule has 3 unspecified atom stereocenters. The van der Waals surface area contributed by atoms with Crippen molar-refractivity contribution in [3.05, 3.63) is 23.9 Å². The van der Waals surface area contributed by atoms with Crippen LogP contribution in [-0.4, -0.2) is 24.6 Å². The molecule has 0 aliphatic carbocycles. The van der Waals surface area contributed by atoms with Crippen LogP contribution in [0.5, 0.6) is 0 Å². The molecule has 1 aromatic heterocycles. The fraction of sp³-hybridized carbons (Fsp3) is 0.667. The zero-order valence-electron chi connectivity index (χ0n) is 12.0. The third kappa shape index (κ3) is 2.83. The lowest BCUT2D eigenvalue weighted by Crippen LogP contribution is -2.41. The Morgan fingerprint density at radius 3 is 2.72 bits per heavy atom. The fourth-order valence-electron chi connectivity index (χ4n) is 2.60. The van der Waals surface area contributed by atoms with Crippen molar-refractivity contribution in [3.8, 4) is 0 Å². The summed E-state index contributed by atoms with van der Waals surface area (Å²) in [6.07, 6.45) is 4.62. The molecule has 18 heavy (non-hydrogen) atoms. The first-order valence-electron chi connectivity index (χ1n) is 7.01. The number of nitrogens with zero attached hydrogens (tertiary/aromatic N) is 2. The first-order valence-corrected chi connectivity index (χ1v) is 7.01. The van der Waals surface area contributed by atoms with E-state index in [0.29, 0.717) is 12.1 Å². The van der Waals surface area contributed by atoms with Crippen molar-refractivity contribution in [3.63, 3.8) is 0 Å². The zero-order valence-corrected chi connectivity index (χ0v) is 12.0. The number of pyridine rings is 1. The monoisotopic (exact) mass is 247 g/mol. The standard InChI is InChI=1S/C15H25N3/c1-11-5-6-12(2)18(10-11)15-8-7-14(9-17-15)13(3)16-4/h7-9,11-13,16H,5-6,10H2,1-4H3. The highest BCUT2D eigenvalue weighted by Gasteiger charge is 2.23. The van der Waals surface area contributed by atoms with Crippen LogP contribution < -0.4 is 10.2 Å². The average molecular weight is 247 g/mol. The predicted molar refractivity (Wildman–Crippen MR) is 76.9 cm³/mol. The minimum atomic E-state index is 0.365. The van der Waals surface area contributed by atoms with Crippen molar-refractivity contribution in [1.29, 1.82) is 0 Å². The molecule has 3 atom stereocenters. The maximum Gasteiger partial charge on any atom is 0.128 e. The van der Waals surface area contributed by atoms with Crippen molar-refractivity contribution in [2.24, 2.45) is 5.92 Å². The fourth-order valence-corrected chi connectivity index (χ4v) is 2.60. The molecular weight excluding hydrogens is 222 g/mol. The molecule has 0 amide bonds. The van der Waals surface area contributed by atoms with Crippen LogP contribution in [0.15, 0.2) is 18.3 Å². The lowest BCUT2D eigenvalue weighted by atomic mass is 9.95. The van der Waals surface area contributed by atoms with Crippen molar-refractivity contribution in [1.82, 2.24) is 10.3 Å². The van der Waals surface area contributed by atoms with E-state index in [9.17, 15) is 0 Å². The number of hydrogen-bond donors (Lipinski definition) is 1. The molecule has 0 bridgehead atoms. The highest BCUT2D eigenvalue weighted by Crippen LogP contribution is 2.26. The Bertz CT molecular complexity index is 374. The van der Waals surface area contributed by atoms with Crippen LogP contribution in [0.25, 0.3) is 0 Å². The Labute approximate surface area is 111 Å². The second-order valence-electron chi connectivity index (χ2n) is 5.64. The SMILES string of the molecule is CNC(C)c1ccc(N2CC(C)CCC2C)nc1. The molecule has 1 aliphatic rings. The average Bonchev–Trinajstić information content (AvgIpc) is 2.41. The molecule has 2 heterocycles. The second-order valence-corrected chi connectivity index (χ2v) is 5.64. The molecule has 1 aliphatic heterocycles. The number of anilines is 1. The van der Waals surface area contributed by atoms with Gasteiger partial charge in [-0.15, -0.1) is 0 Å². The van der Waals surface area contributed by atoms with Crippen molar-refractivity contribution in [2.45, 2.75) is 45.7 Å². The first-order chi connectivity index (χ1) is 8.61. The molecule has 1 saturated heterocycles. The molecule has 1 N–H and O–H groups in total. The predicted octanol–water partition coefficient (Wildman–Crippen LogP) is 2.99. The minimum Gasteiger partial charge on any atom is -0.354 e. The lowest BCUT2D eigenvalue weighted by Gasteiger charge is -2.37. The van der Waals surface area contributed by atoms with E-state index in [1.54, 1.807) is 0 Å². The lowest BCUT2D eigenvalue weighted by molar-refractivity contribution is 0.388. The summed E-state index contributed by atoms with van der Waals surface area (Å²) >= 11 is 0. The Hall–Kier alpha value is -1.09. The first kappa shape index (κ1) is 13.3. The van der Waals surface area contributed by atoms with E-state index in [0.717, 1.165) is 18.3 Å². The quantitative estimate of drug-likeness (QED) is 0.890. The Balaban J connectivity index is 2.13. The van der Waals surface area contributed by atoms with Gasteiger partial charge in [0, 0.05) is 24.8 Å². The summed E-state index contributed by atoms with van der Waals surface area (Å²) in [6.45, 7) is 7.92. The summed E-state index contributed by atoms with van der Waals surface area (Å²) in [5.74, 6) is 1.90. The van der Waals surface area contributed by atoms with Gasteiger partial charge in [-0.1, -0.05) is 13.0 Å². The van der Waals surface area contributed by atoms with Gasteiger partial charge in [0.25, 0.3) is 0 Å². The molecule has 1 fully saturated rings. The summed E-state index contributed by atoms with van der Waals surface area (Å²) in [4.78, 5) is 7.09. The van der Waals surface area contributed by atoms with Crippen molar-refractivity contribution in [2.75, 3.05) is 18.5 Å². The number of nitrogens with one attached hydrogen (secondary N) is 1. The molecule has 100 valence electrons. The molecule has 1 aromatic rings. The largest absolute Gasteiger partial charge is 0.354 e. The van der Waals surface area contributed by atoms with Gasteiger partial charge in [0.2, 0.25) is 0 Å². The summed E-state index contributed by atoms with van der Waals surface area (Å²) in [5, 5.41) is 3.24. The molecule has 3 heteroatoms. The summed E-state index contributed by atoms with van der Waals surface area (Å²) in [7, 11) is 1.98. The van der Waals surface area contributed by atoms with Gasteiger partial charge in [0.15, 0.2) is 0 Å². The van der Waals surface area contributed by atoms with E-state index in [4.69, 9.17) is 0 Å². The van der Waals surface area contributed by atoms with Gasteiger partial charge in [-0.3, -0.25) is 0 Å². The minimum absolute atomic E-state index is 0.365. The van der Waals surface area contributed by atoms with Gasteiger partial charge in [-0.2, -0.15) is 0 Å². The maximum atomic E-state index is 4.64. The third-order valence-electron chi connectivity index (χ3n) is 4.12. The highest BCUT2D eigenvalue weighted by atomic mass is 15.2. The molecule has 3 nitrogen and oxygen atoms in total. The summed E-state index contributed by atoms with van der Waals surface area (Å²) < 4.78 is 0. The van der Waals surface area contributed by atoms with Crippen molar-refractivity contribution < 1.29 is 0 Å². The van der Waals surface area contributed by atoms with Crippen LogP contribution in [0.2, 0.25) is 0 Å². The molecule has 0 radical (unpaired) electrons. The van der Waals surface area contributed by atoms with Crippen LogP contribution in [0.4, 0.5) is 5.82 Å². The molecule has 2 rings (SSSR count). The Kier molecular flexibility index (Phi) is 4.23. The van der Waals surface area contributed by atoms with E-state index in [1.165, 1.54) is 18.4 Å². The van der Waals surface area contributed by atoms with Crippen LogP contribution in [-0.2, 0) is 0 Å². The maximum absolute atomic E-state index is 4.64. The topological polar surface area (TPSA) is 28.2 Å². The number of aromatic nitrogens is 1. The number of piperidine rings is 1. The molecule has 0 saturated carbocycles. The molecule has 0 aromatic carbocycles. The Morgan fingerprint density at radius 2 is 2.11 bits per heavy atom. The van der Waals surface area contributed by atoms with Crippen LogP contribution >= 0.6 is 0 Å². The normalized spacial score (nSPS) is 26.1. The van der Waals surface area contributed by atoms with E-state index >= 15 is 0 Å². The van der Waals surface area contributed by atoms with Crippen LogP contribution in [0.3, 0.4) is 0 Å². The van der Waals surface area contributed by atoms with E-state index in [1.807, 2.05) is 13.2 Å². The van der Waals surface area contributed by atoms with Crippen LogP contribution in [0, 0.1) is 5.92 Å². The number of hydrogen-bond acceptors (Lipinski definition) is 3. The van der Waals surface area contributed by atoms with Gasteiger partial charge in [0.1, 0.15) is 5.82 Å². The van der Waals surface area contributed by atoms with Gasteiger partial charge in [-0.05, 0) is 51.3 Å². The number of rotatable bonds is 3. The van der Waals surface area contributed by atoms with Crippen molar-refractivity contribution >= 4 is 5.82 Å². The molecular formula is C15H25N3. The molecule has 0 spiro atoms. The van der Waals surface area contributed by atoms with E-state index in [2.05, 4.69) is 48.1 Å². The van der Waals surface area contributed by atoms with E-state index < -0.39 is 0 Å². The van der Waals surface area contributed by atoms with Crippen LogP contribution in [0.1, 0.15) is 45.2 Å².